The summed E-state index contributed by atoms with van der Waals surface area (Å²) in [7, 11) is -3.71. The molecule has 166 valence electrons. The van der Waals surface area contributed by atoms with Crippen molar-refractivity contribution in [1.82, 2.24) is 0 Å². The molecule has 1 heterocycles. The fraction of sp³-hybridized carbons (Fsp3) is 0.174. The van der Waals surface area contributed by atoms with Crippen LogP contribution in [0.15, 0.2) is 72.8 Å². The first-order valence-electron chi connectivity index (χ1n) is 9.82. The van der Waals surface area contributed by atoms with Gasteiger partial charge in [-0.25, -0.2) is 8.42 Å². The standard InChI is InChI=1S/C23H22N2O6S/c1-32(27,28)25(19-9-12-21-22(13-19)31-16-30-21)14-23(26)24-18-7-10-20(11-8-18)29-15-17-5-3-2-4-6-17/h2-13H,14-16H2,1H3,(H,24,26). The van der Waals surface area contributed by atoms with Crippen LogP contribution in [0.25, 0.3) is 0 Å². The summed E-state index contributed by atoms with van der Waals surface area (Å²) in [5, 5.41) is 2.71. The van der Waals surface area contributed by atoms with Crippen molar-refractivity contribution < 1.29 is 27.4 Å². The van der Waals surface area contributed by atoms with Crippen LogP contribution in [0.5, 0.6) is 17.2 Å². The Labute approximate surface area is 186 Å². The molecule has 1 aliphatic rings. The Balaban J connectivity index is 1.39. The molecular weight excluding hydrogens is 432 g/mol. The highest BCUT2D eigenvalue weighted by atomic mass is 32.2. The lowest BCUT2D eigenvalue weighted by molar-refractivity contribution is -0.114. The molecule has 9 heteroatoms. The van der Waals surface area contributed by atoms with Crippen LogP contribution in [-0.4, -0.2) is 33.9 Å². The molecule has 0 spiro atoms. The molecule has 1 N–H and O–H groups in total. The minimum atomic E-state index is -3.71. The zero-order chi connectivity index (χ0) is 22.6. The first-order chi connectivity index (χ1) is 15.4. The lowest BCUT2D eigenvalue weighted by Crippen LogP contribution is -2.37. The van der Waals surface area contributed by atoms with Gasteiger partial charge in [0.2, 0.25) is 22.7 Å². The molecule has 8 nitrogen and oxygen atoms in total. The number of fused-ring (bicyclic) bond motifs is 1. The molecule has 32 heavy (non-hydrogen) atoms. The van der Waals surface area contributed by atoms with E-state index in [2.05, 4.69) is 5.32 Å². The smallest absolute Gasteiger partial charge is 0.245 e. The molecule has 3 aromatic carbocycles. The van der Waals surface area contributed by atoms with E-state index in [1.54, 1.807) is 36.4 Å². The van der Waals surface area contributed by atoms with Gasteiger partial charge in [0.05, 0.1) is 11.9 Å². The van der Waals surface area contributed by atoms with Gasteiger partial charge in [-0.3, -0.25) is 9.10 Å². The molecule has 4 rings (SSSR count). The molecule has 0 atom stereocenters. The Hall–Kier alpha value is -3.72. The van der Waals surface area contributed by atoms with Crippen molar-refractivity contribution in [3.05, 3.63) is 78.4 Å². The molecule has 0 fully saturated rings. The van der Waals surface area contributed by atoms with Crippen molar-refractivity contribution in [3.63, 3.8) is 0 Å². The predicted molar refractivity (Wildman–Crippen MR) is 121 cm³/mol. The highest BCUT2D eigenvalue weighted by Gasteiger charge is 2.23. The minimum absolute atomic E-state index is 0.0726. The van der Waals surface area contributed by atoms with E-state index in [0.29, 0.717) is 35.2 Å². The molecule has 0 saturated carbocycles. The van der Waals surface area contributed by atoms with E-state index >= 15 is 0 Å². The maximum Gasteiger partial charge on any atom is 0.245 e. The van der Waals surface area contributed by atoms with E-state index < -0.39 is 15.9 Å². The number of amides is 1. The van der Waals surface area contributed by atoms with Crippen LogP contribution in [0, 0.1) is 0 Å². The third kappa shape index (κ3) is 5.30. The van der Waals surface area contributed by atoms with E-state index in [1.807, 2.05) is 30.3 Å². The Bertz CT molecular complexity index is 1200. The van der Waals surface area contributed by atoms with Crippen LogP contribution < -0.4 is 23.8 Å². The second-order valence-electron chi connectivity index (χ2n) is 7.15. The Kier molecular flexibility index (Phi) is 6.18. The SMILES string of the molecule is CS(=O)(=O)N(CC(=O)Nc1ccc(OCc2ccccc2)cc1)c1ccc2c(c1)OCO2. The number of hydrogen-bond acceptors (Lipinski definition) is 6. The van der Waals surface area contributed by atoms with Crippen molar-refractivity contribution >= 4 is 27.3 Å². The lowest BCUT2D eigenvalue weighted by Gasteiger charge is -2.22. The van der Waals surface area contributed by atoms with Gasteiger partial charge < -0.3 is 19.5 Å². The third-order valence-corrected chi connectivity index (χ3v) is 5.86. The summed E-state index contributed by atoms with van der Waals surface area (Å²) in [6.45, 7) is 0.124. The number of carbonyl (C=O) groups is 1. The van der Waals surface area contributed by atoms with Gasteiger partial charge in [0.25, 0.3) is 0 Å². The van der Waals surface area contributed by atoms with E-state index in [4.69, 9.17) is 14.2 Å². The molecule has 0 aliphatic carbocycles. The lowest BCUT2D eigenvalue weighted by atomic mass is 10.2. The summed E-state index contributed by atoms with van der Waals surface area (Å²) in [4.78, 5) is 12.6. The maximum atomic E-state index is 12.6. The second-order valence-corrected chi connectivity index (χ2v) is 9.06. The molecule has 3 aromatic rings. The van der Waals surface area contributed by atoms with Gasteiger partial charge >= 0.3 is 0 Å². The predicted octanol–water partition coefficient (Wildman–Crippen LogP) is 3.40. The van der Waals surface area contributed by atoms with Crippen molar-refractivity contribution in [2.45, 2.75) is 6.61 Å². The third-order valence-electron chi connectivity index (χ3n) is 4.72. The van der Waals surface area contributed by atoms with Crippen LogP contribution in [0.3, 0.4) is 0 Å². The fourth-order valence-electron chi connectivity index (χ4n) is 3.15. The van der Waals surface area contributed by atoms with Crippen molar-refractivity contribution in [2.75, 3.05) is 29.2 Å². The molecule has 0 aromatic heterocycles. The van der Waals surface area contributed by atoms with Gasteiger partial charge in [-0.15, -0.1) is 0 Å². The topological polar surface area (TPSA) is 94.2 Å². The van der Waals surface area contributed by atoms with Crippen LogP contribution in [0.1, 0.15) is 5.56 Å². The molecule has 1 amide bonds. The number of nitrogens with zero attached hydrogens (tertiary/aromatic N) is 1. The molecule has 0 radical (unpaired) electrons. The first kappa shape index (κ1) is 21.5. The highest BCUT2D eigenvalue weighted by molar-refractivity contribution is 7.92. The first-order valence-corrected chi connectivity index (χ1v) is 11.7. The van der Waals surface area contributed by atoms with Crippen LogP contribution in [-0.2, 0) is 21.4 Å². The van der Waals surface area contributed by atoms with Gasteiger partial charge in [-0.1, -0.05) is 30.3 Å². The largest absolute Gasteiger partial charge is 0.489 e. The number of carbonyl (C=O) groups excluding carboxylic acids is 1. The van der Waals surface area contributed by atoms with Gasteiger partial charge in [0.1, 0.15) is 18.9 Å². The van der Waals surface area contributed by atoms with Crippen LogP contribution in [0.4, 0.5) is 11.4 Å². The van der Waals surface area contributed by atoms with Crippen molar-refractivity contribution in [2.24, 2.45) is 0 Å². The number of anilines is 2. The molecule has 0 bridgehead atoms. The van der Waals surface area contributed by atoms with Crippen molar-refractivity contribution in [3.8, 4) is 17.2 Å². The number of hydrogen-bond donors (Lipinski definition) is 1. The molecular formula is C23H22N2O6S. The molecule has 0 saturated heterocycles. The van der Waals surface area contributed by atoms with E-state index in [9.17, 15) is 13.2 Å². The summed E-state index contributed by atoms with van der Waals surface area (Å²) in [6.07, 6.45) is 1.05. The minimum Gasteiger partial charge on any atom is -0.489 e. The number of rotatable bonds is 8. The van der Waals surface area contributed by atoms with Crippen LogP contribution in [0.2, 0.25) is 0 Å². The van der Waals surface area contributed by atoms with E-state index in [-0.39, 0.29) is 13.3 Å². The van der Waals surface area contributed by atoms with Crippen molar-refractivity contribution in [1.29, 1.82) is 0 Å². The second kappa shape index (κ2) is 9.19. The zero-order valence-corrected chi connectivity index (χ0v) is 18.2. The summed E-state index contributed by atoms with van der Waals surface area (Å²) < 4.78 is 41.9. The Morgan fingerprint density at radius 1 is 1.00 bits per heavy atom. The van der Waals surface area contributed by atoms with Gasteiger partial charge in [-0.05, 0) is 42.0 Å². The maximum absolute atomic E-state index is 12.6. The fourth-order valence-corrected chi connectivity index (χ4v) is 3.99. The summed E-state index contributed by atoms with van der Waals surface area (Å²) >= 11 is 0. The quantitative estimate of drug-likeness (QED) is 0.561. The highest BCUT2D eigenvalue weighted by Crippen LogP contribution is 2.36. The number of ether oxygens (including phenoxy) is 3. The number of benzene rings is 3. The zero-order valence-electron chi connectivity index (χ0n) is 17.4. The van der Waals surface area contributed by atoms with E-state index in [1.165, 1.54) is 6.07 Å². The Morgan fingerprint density at radius 2 is 1.72 bits per heavy atom. The monoisotopic (exact) mass is 454 g/mol. The van der Waals surface area contributed by atoms with Crippen LogP contribution >= 0.6 is 0 Å². The average Bonchev–Trinajstić information content (AvgIpc) is 3.25. The summed E-state index contributed by atoms with van der Waals surface area (Å²) in [5.74, 6) is 1.14. The number of sulfonamides is 1. The normalized spacial score (nSPS) is 12.3. The summed E-state index contributed by atoms with van der Waals surface area (Å²) in [5.41, 5.74) is 1.90. The van der Waals surface area contributed by atoms with Gasteiger partial charge in [-0.2, -0.15) is 0 Å². The average molecular weight is 455 g/mol. The Morgan fingerprint density at radius 3 is 2.44 bits per heavy atom. The summed E-state index contributed by atoms with van der Waals surface area (Å²) in [6, 6.07) is 21.4. The molecule has 0 unspecified atom stereocenters. The van der Waals surface area contributed by atoms with E-state index in [0.717, 1.165) is 16.1 Å². The molecule has 1 aliphatic heterocycles. The number of nitrogens with one attached hydrogen (secondary N) is 1. The van der Waals surface area contributed by atoms with Gasteiger partial charge in [0.15, 0.2) is 11.5 Å². The van der Waals surface area contributed by atoms with Gasteiger partial charge in [0, 0.05) is 11.8 Å².